The van der Waals surface area contributed by atoms with Crippen LogP contribution in [0.15, 0.2) is 41.1 Å². The number of pyridine rings is 1. The molecule has 35 heavy (non-hydrogen) atoms. The van der Waals surface area contributed by atoms with Crippen LogP contribution in [0.3, 0.4) is 0 Å². The minimum Gasteiger partial charge on any atom is -0.493 e. The number of aromatic nitrogens is 4. The molecule has 0 spiro atoms. The van der Waals surface area contributed by atoms with E-state index in [9.17, 15) is 14.0 Å². The number of imide groups is 1. The highest BCUT2D eigenvalue weighted by molar-refractivity contribution is 9.10. The summed E-state index contributed by atoms with van der Waals surface area (Å²) in [6.45, 7) is 7.33. The second-order valence-electron chi connectivity index (χ2n) is 9.17. The largest absolute Gasteiger partial charge is 0.493 e. The highest BCUT2D eigenvalue weighted by atomic mass is 79.9. The van der Waals surface area contributed by atoms with Crippen LogP contribution in [0.4, 0.5) is 15.0 Å². The van der Waals surface area contributed by atoms with Crippen molar-refractivity contribution in [3.8, 4) is 17.3 Å². The van der Waals surface area contributed by atoms with Crippen molar-refractivity contribution in [2.75, 3.05) is 11.5 Å². The zero-order chi connectivity index (χ0) is 25.3. The smallest absolute Gasteiger partial charge is 0.423 e. The molecule has 2 aromatic heterocycles. The maximum Gasteiger partial charge on any atom is 0.423 e. The first-order chi connectivity index (χ1) is 16.5. The first kappa shape index (κ1) is 24.8. The van der Waals surface area contributed by atoms with Gasteiger partial charge in [0.15, 0.2) is 5.82 Å². The van der Waals surface area contributed by atoms with E-state index >= 15 is 0 Å². The summed E-state index contributed by atoms with van der Waals surface area (Å²) >= 11 is 3.12. The van der Waals surface area contributed by atoms with Crippen LogP contribution in [0.2, 0.25) is 0 Å². The number of carbonyl (C=O) groups excluding carboxylic acids is 2. The molecular weight excluding hydrogens is 521 g/mol. The number of rotatable bonds is 0. The van der Waals surface area contributed by atoms with Crippen LogP contribution in [0.1, 0.15) is 56.9 Å². The van der Waals surface area contributed by atoms with Gasteiger partial charge in [-0.2, -0.15) is 4.90 Å². The predicted molar refractivity (Wildman–Crippen MR) is 130 cm³/mol. The van der Waals surface area contributed by atoms with E-state index in [1.165, 1.54) is 12.1 Å². The van der Waals surface area contributed by atoms with E-state index < -0.39 is 23.4 Å². The summed E-state index contributed by atoms with van der Waals surface area (Å²) in [5, 5.41) is 8.24. The van der Waals surface area contributed by atoms with Crippen molar-refractivity contribution >= 4 is 33.7 Å². The Labute approximate surface area is 210 Å². The number of halogens is 2. The maximum atomic E-state index is 14.4. The molecule has 3 heterocycles. The number of nitrogens with zero attached hydrogens (tertiary/aromatic N) is 5. The van der Waals surface area contributed by atoms with Gasteiger partial charge in [0.05, 0.1) is 16.6 Å². The normalized spacial score (nSPS) is 16.6. The third-order valence-corrected chi connectivity index (χ3v) is 5.90. The Morgan fingerprint density at radius 3 is 2.80 bits per heavy atom. The summed E-state index contributed by atoms with van der Waals surface area (Å²) in [5.41, 5.74) is -0.460. The van der Waals surface area contributed by atoms with Gasteiger partial charge in [-0.05, 0) is 74.7 Å². The average Bonchev–Trinajstić information content (AvgIpc) is 3.27. The summed E-state index contributed by atoms with van der Waals surface area (Å²) in [5.74, 6) is -0.822. The summed E-state index contributed by atoms with van der Waals surface area (Å²) < 4.78 is 27.7. The van der Waals surface area contributed by atoms with Crippen LogP contribution < -0.4 is 9.64 Å². The van der Waals surface area contributed by atoms with Crippen molar-refractivity contribution in [3.05, 3.63) is 52.5 Å². The van der Waals surface area contributed by atoms with Gasteiger partial charge in [-0.1, -0.05) is 6.07 Å². The van der Waals surface area contributed by atoms with Crippen LogP contribution in [-0.2, 0) is 4.74 Å². The quantitative estimate of drug-likeness (QED) is 0.364. The average molecular weight is 546 g/mol. The first-order valence-corrected chi connectivity index (χ1v) is 11.9. The summed E-state index contributed by atoms with van der Waals surface area (Å²) in [4.78, 5) is 32.4. The molecule has 9 nitrogen and oxygen atoms in total. The molecule has 0 fully saturated rings. The Morgan fingerprint density at radius 1 is 1.29 bits per heavy atom. The fourth-order valence-electron chi connectivity index (χ4n) is 3.64. The first-order valence-electron chi connectivity index (χ1n) is 11.1. The van der Waals surface area contributed by atoms with E-state index in [0.717, 1.165) is 17.4 Å². The number of benzene rings is 1. The molecule has 3 aromatic rings. The van der Waals surface area contributed by atoms with Crippen molar-refractivity contribution in [1.29, 1.82) is 0 Å². The zero-order valence-corrected chi connectivity index (χ0v) is 21.4. The van der Waals surface area contributed by atoms with Crippen molar-refractivity contribution in [1.82, 2.24) is 19.7 Å². The van der Waals surface area contributed by atoms with E-state index in [4.69, 9.17) is 9.47 Å². The Morgan fingerprint density at radius 2 is 2.06 bits per heavy atom. The topological polar surface area (TPSA) is 99.4 Å². The number of fused-ring (bicyclic) bond motifs is 5. The molecule has 1 aromatic carbocycles. The molecule has 0 N–H and O–H groups in total. The van der Waals surface area contributed by atoms with Gasteiger partial charge in [0.2, 0.25) is 0 Å². The van der Waals surface area contributed by atoms with Gasteiger partial charge in [0.1, 0.15) is 35.0 Å². The summed E-state index contributed by atoms with van der Waals surface area (Å²) in [6.07, 6.45) is 2.02. The summed E-state index contributed by atoms with van der Waals surface area (Å²) in [7, 11) is 0. The monoisotopic (exact) mass is 545 g/mol. The third kappa shape index (κ3) is 5.34. The minimum absolute atomic E-state index is 0.00962. The SMILES string of the molecule is CC1CCCOc2cc(F)c(Br)cc2C(=O)N(C(=O)OC(C)(C)C)c2cccc(n2)-c2nncn21. The molecule has 1 aliphatic rings. The standard InChI is InChI=1S/C24H25BrFN5O4/c1-14-7-6-10-34-19-12-17(26)16(25)11-15(19)22(32)31(23(33)35-24(2,3)4)20-9-5-8-18(28-20)21-29-27-13-30(14)21/h5,8-9,11-14H,6-7,10H2,1-4H3. The number of hydrogen-bond donors (Lipinski definition) is 0. The molecule has 0 radical (unpaired) electrons. The second-order valence-corrected chi connectivity index (χ2v) is 10.0. The van der Waals surface area contributed by atoms with Gasteiger partial charge < -0.3 is 14.0 Å². The van der Waals surface area contributed by atoms with Gasteiger partial charge in [-0.15, -0.1) is 10.2 Å². The number of ether oxygens (including phenoxy) is 2. The molecule has 1 atom stereocenters. The number of anilines is 1. The van der Waals surface area contributed by atoms with Gasteiger partial charge in [-0.3, -0.25) is 4.79 Å². The van der Waals surface area contributed by atoms with Gasteiger partial charge in [-0.25, -0.2) is 14.2 Å². The Balaban J connectivity index is 1.91. The molecule has 2 amide bonds. The van der Waals surface area contributed by atoms with Gasteiger partial charge >= 0.3 is 6.09 Å². The molecule has 0 saturated heterocycles. The lowest BCUT2D eigenvalue weighted by Crippen LogP contribution is -2.41. The van der Waals surface area contributed by atoms with Crippen LogP contribution in [0.5, 0.6) is 5.75 Å². The Kier molecular flexibility index (Phi) is 6.88. The number of carbonyl (C=O) groups is 2. The van der Waals surface area contributed by atoms with Gasteiger partial charge in [0, 0.05) is 12.1 Å². The molecule has 2 bridgehead atoms. The van der Waals surface area contributed by atoms with Crippen molar-refractivity contribution in [2.24, 2.45) is 0 Å². The lowest BCUT2D eigenvalue weighted by molar-refractivity contribution is 0.0562. The second kappa shape index (κ2) is 9.73. The fourth-order valence-corrected chi connectivity index (χ4v) is 3.99. The van der Waals surface area contributed by atoms with E-state index in [2.05, 4.69) is 31.1 Å². The van der Waals surface area contributed by atoms with Crippen LogP contribution >= 0.6 is 15.9 Å². The van der Waals surface area contributed by atoms with Crippen molar-refractivity contribution in [3.63, 3.8) is 0 Å². The lowest BCUT2D eigenvalue weighted by atomic mass is 10.1. The molecule has 0 saturated carbocycles. The Bertz CT molecular complexity index is 1270. The van der Waals surface area contributed by atoms with E-state index in [1.54, 1.807) is 39.2 Å². The molecular formula is C24H25BrFN5O4. The molecule has 11 heteroatoms. The highest BCUT2D eigenvalue weighted by Gasteiger charge is 2.33. The molecule has 184 valence electrons. The highest BCUT2D eigenvalue weighted by Crippen LogP contribution is 2.31. The third-order valence-electron chi connectivity index (χ3n) is 5.30. The fraction of sp³-hybridized carbons (Fsp3) is 0.375. The van der Waals surface area contributed by atoms with E-state index in [1.807, 2.05) is 11.5 Å². The Hall–Kier alpha value is -3.34. The predicted octanol–water partition coefficient (Wildman–Crippen LogP) is 5.56. The lowest BCUT2D eigenvalue weighted by Gasteiger charge is -2.26. The van der Waals surface area contributed by atoms with Crippen molar-refractivity contribution in [2.45, 2.75) is 52.2 Å². The summed E-state index contributed by atoms with van der Waals surface area (Å²) in [6, 6.07) is 7.34. The molecule has 1 unspecified atom stereocenters. The van der Waals surface area contributed by atoms with E-state index in [-0.39, 0.29) is 34.3 Å². The number of hydrogen-bond acceptors (Lipinski definition) is 7. The van der Waals surface area contributed by atoms with Crippen LogP contribution in [-0.4, -0.2) is 44.0 Å². The van der Waals surface area contributed by atoms with Crippen LogP contribution in [0.25, 0.3) is 11.5 Å². The van der Waals surface area contributed by atoms with Crippen molar-refractivity contribution < 1.29 is 23.5 Å². The van der Waals surface area contributed by atoms with E-state index in [0.29, 0.717) is 17.9 Å². The van der Waals surface area contributed by atoms with Gasteiger partial charge in [0.25, 0.3) is 5.91 Å². The number of amides is 2. The maximum absolute atomic E-state index is 14.4. The molecule has 0 aliphatic carbocycles. The molecule has 4 rings (SSSR count). The van der Waals surface area contributed by atoms with Crippen LogP contribution in [0, 0.1) is 5.82 Å². The molecule has 1 aliphatic heterocycles. The zero-order valence-electron chi connectivity index (χ0n) is 19.8. The minimum atomic E-state index is -0.930.